The molecule has 6 nitrogen and oxygen atoms in total. The van der Waals surface area contributed by atoms with E-state index in [4.69, 9.17) is 11.6 Å². The lowest BCUT2D eigenvalue weighted by atomic mass is 10.1. The molecule has 3 rings (SSSR count). The van der Waals surface area contributed by atoms with Crippen LogP contribution in [0.3, 0.4) is 0 Å². The number of nitrogens with one attached hydrogen (secondary N) is 3. The van der Waals surface area contributed by atoms with Gasteiger partial charge < -0.3 is 10.1 Å². The van der Waals surface area contributed by atoms with Crippen molar-refractivity contribution in [3.63, 3.8) is 0 Å². The molecule has 0 saturated heterocycles. The number of hydrazine groups is 1. The minimum absolute atomic E-state index is 0.0175. The first kappa shape index (κ1) is 16.9. The highest BCUT2D eigenvalue weighted by molar-refractivity contribution is 6.31. The summed E-state index contributed by atoms with van der Waals surface area (Å²) in [6, 6.07) is 11.8. The lowest BCUT2D eigenvalue weighted by Gasteiger charge is -2.09. The topological polar surface area (TPSA) is 94.2 Å². The second kappa shape index (κ2) is 6.86. The van der Waals surface area contributed by atoms with Gasteiger partial charge in [-0.3, -0.25) is 20.4 Å². The maximum Gasteiger partial charge on any atom is 0.273 e. The smallest absolute Gasteiger partial charge is 0.273 e. The Bertz CT molecular complexity index is 965. The Morgan fingerprint density at radius 1 is 1.16 bits per heavy atom. The number of aryl methyl sites for hydroxylation is 1. The van der Waals surface area contributed by atoms with Gasteiger partial charge in [-0.05, 0) is 36.8 Å². The van der Waals surface area contributed by atoms with Crippen LogP contribution in [0, 0.1) is 6.92 Å². The van der Waals surface area contributed by atoms with E-state index in [9.17, 15) is 14.7 Å². The third kappa shape index (κ3) is 3.59. The summed E-state index contributed by atoms with van der Waals surface area (Å²) < 4.78 is 0. The van der Waals surface area contributed by atoms with Crippen molar-refractivity contribution < 1.29 is 14.7 Å². The first-order chi connectivity index (χ1) is 12.0. The lowest BCUT2D eigenvalue weighted by molar-refractivity contribution is -0.121. The summed E-state index contributed by atoms with van der Waals surface area (Å²) in [4.78, 5) is 27.4. The van der Waals surface area contributed by atoms with Gasteiger partial charge in [0.15, 0.2) is 0 Å². The normalized spacial score (nSPS) is 10.6. The van der Waals surface area contributed by atoms with Crippen molar-refractivity contribution in [1.82, 2.24) is 15.8 Å². The van der Waals surface area contributed by atoms with Gasteiger partial charge >= 0.3 is 0 Å². The Morgan fingerprint density at radius 2 is 1.92 bits per heavy atom. The Hall–Kier alpha value is -2.99. The summed E-state index contributed by atoms with van der Waals surface area (Å²) in [5.74, 6) is -1.24. The number of phenolic OH excluding ortho intramolecular Hbond substituents is 1. The molecular formula is C18H16ClN3O3. The number of aromatic amines is 1. The van der Waals surface area contributed by atoms with Crippen LogP contribution in [0.1, 0.15) is 21.6 Å². The predicted octanol–water partition coefficient (Wildman–Crippen LogP) is 2.84. The molecule has 0 spiro atoms. The molecule has 25 heavy (non-hydrogen) atoms. The maximum atomic E-state index is 12.2. The number of rotatable bonds is 3. The summed E-state index contributed by atoms with van der Waals surface area (Å²) in [7, 11) is 0. The molecule has 0 bridgehead atoms. The van der Waals surface area contributed by atoms with Gasteiger partial charge in [-0.15, -0.1) is 0 Å². The number of amides is 2. The van der Waals surface area contributed by atoms with Crippen molar-refractivity contribution in [2.24, 2.45) is 0 Å². The van der Waals surface area contributed by atoms with Crippen LogP contribution in [0.25, 0.3) is 10.9 Å². The van der Waals surface area contributed by atoms with Crippen molar-refractivity contribution in [3.05, 3.63) is 64.3 Å². The predicted molar refractivity (Wildman–Crippen MR) is 95.5 cm³/mol. The lowest BCUT2D eigenvalue weighted by Crippen LogP contribution is -2.42. The monoisotopic (exact) mass is 357 g/mol. The zero-order chi connectivity index (χ0) is 18.0. The number of benzene rings is 2. The van der Waals surface area contributed by atoms with Crippen molar-refractivity contribution in [1.29, 1.82) is 0 Å². The van der Waals surface area contributed by atoms with Crippen LogP contribution in [0.2, 0.25) is 5.02 Å². The number of carbonyl (C=O) groups is 2. The molecule has 0 unspecified atom stereocenters. The van der Waals surface area contributed by atoms with Crippen molar-refractivity contribution in [3.8, 4) is 5.75 Å². The van der Waals surface area contributed by atoms with E-state index < -0.39 is 5.91 Å². The largest absolute Gasteiger partial charge is 0.507 e. The Labute approximate surface area is 148 Å². The average molecular weight is 358 g/mol. The number of aromatic nitrogens is 1. The second-order valence-electron chi connectivity index (χ2n) is 5.61. The fraction of sp³-hybridized carbons (Fsp3) is 0.111. The van der Waals surface area contributed by atoms with Gasteiger partial charge in [0.05, 0.1) is 12.0 Å². The van der Waals surface area contributed by atoms with Crippen LogP contribution >= 0.6 is 11.6 Å². The fourth-order valence-corrected chi connectivity index (χ4v) is 2.82. The molecule has 1 aromatic heterocycles. The number of hydrogen-bond donors (Lipinski definition) is 4. The van der Waals surface area contributed by atoms with Gasteiger partial charge in [0.2, 0.25) is 5.91 Å². The highest BCUT2D eigenvalue weighted by Gasteiger charge is 2.15. The van der Waals surface area contributed by atoms with Gasteiger partial charge in [-0.25, -0.2) is 0 Å². The first-order valence-electron chi connectivity index (χ1n) is 7.59. The summed E-state index contributed by atoms with van der Waals surface area (Å²) in [6.45, 7) is 1.89. The molecule has 128 valence electrons. The first-order valence-corrected chi connectivity index (χ1v) is 7.97. The Balaban J connectivity index is 1.67. The molecule has 2 aromatic carbocycles. The Morgan fingerprint density at radius 3 is 2.72 bits per heavy atom. The van der Waals surface area contributed by atoms with Crippen molar-refractivity contribution in [2.75, 3.05) is 0 Å². The third-order valence-electron chi connectivity index (χ3n) is 3.88. The van der Waals surface area contributed by atoms with Gasteiger partial charge in [-0.1, -0.05) is 29.8 Å². The number of hydrogen-bond acceptors (Lipinski definition) is 3. The van der Waals surface area contributed by atoms with E-state index in [0.717, 1.165) is 22.2 Å². The van der Waals surface area contributed by atoms with Gasteiger partial charge in [0.25, 0.3) is 5.91 Å². The van der Waals surface area contributed by atoms with Crippen LogP contribution in [0.15, 0.2) is 42.5 Å². The molecule has 1 heterocycles. The molecular weight excluding hydrogens is 342 g/mol. The number of H-pyrrole nitrogens is 1. The van der Waals surface area contributed by atoms with E-state index in [-0.39, 0.29) is 23.6 Å². The number of carbonyl (C=O) groups excluding carboxylic acids is 2. The summed E-state index contributed by atoms with van der Waals surface area (Å²) in [5, 5.41) is 11.0. The van der Waals surface area contributed by atoms with Crippen LogP contribution in [0.4, 0.5) is 0 Å². The van der Waals surface area contributed by atoms with Gasteiger partial charge in [-0.2, -0.15) is 0 Å². The number of halogens is 1. The van der Waals surface area contributed by atoms with Crippen LogP contribution in [0.5, 0.6) is 5.75 Å². The van der Waals surface area contributed by atoms with E-state index in [1.165, 1.54) is 18.2 Å². The summed E-state index contributed by atoms with van der Waals surface area (Å²) >= 11 is 5.81. The molecule has 0 aliphatic rings. The minimum atomic E-state index is -0.649. The summed E-state index contributed by atoms with van der Waals surface area (Å²) in [6.07, 6.45) is 0.109. The quantitative estimate of drug-likeness (QED) is 0.543. The number of aromatic hydroxyl groups is 1. The highest BCUT2D eigenvalue weighted by atomic mass is 35.5. The molecule has 3 aromatic rings. The van der Waals surface area contributed by atoms with Crippen molar-refractivity contribution in [2.45, 2.75) is 13.3 Å². The van der Waals surface area contributed by atoms with E-state index >= 15 is 0 Å². The number of fused-ring (bicyclic) bond motifs is 1. The molecule has 0 aliphatic carbocycles. The van der Waals surface area contributed by atoms with Gasteiger partial charge in [0, 0.05) is 21.6 Å². The fourth-order valence-electron chi connectivity index (χ4n) is 2.65. The molecule has 0 atom stereocenters. The SMILES string of the molecule is Cc1[nH]c2ccccc2c1CC(=O)NNC(=O)c1cc(Cl)ccc1O. The molecule has 0 fully saturated rings. The highest BCUT2D eigenvalue weighted by Crippen LogP contribution is 2.22. The maximum absolute atomic E-state index is 12.2. The van der Waals surface area contributed by atoms with Gasteiger partial charge in [0.1, 0.15) is 5.75 Å². The molecule has 0 saturated carbocycles. The molecule has 7 heteroatoms. The average Bonchev–Trinajstić information content (AvgIpc) is 2.90. The van der Waals surface area contributed by atoms with Crippen LogP contribution < -0.4 is 10.9 Å². The van der Waals surface area contributed by atoms with Crippen LogP contribution in [-0.4, -0.2) is 21.9 Å². The minimum Gasteiger partial charge on any atom is -0.507 e. The molecule has 0 aliphatic heterocycles. The number of phenols is 1. The molecule has 4 N–H and O–H groups in total. The summed E-state index contributed by atoms with van der Waals surface area (Å²) in [5.41, 5.74) is 7.33. The third-order valence-corrected chi connectivity index (χ3v) is 4.12. The number of para-hydroxylation sites is 1. The van der Waals surface area contributed by atoms with Crippen LogP contribution in [-0.2, 0) is 11.2 Å². The zero-order valence-electron chi connectivity index (χ0n) is 13.4. The molecule has 0 radical (unpaired) electrons. The second-order valence-corrected chi connectivity index (χ2v) is 6.05. The standard InChI is InChI=1S/C18H16ClN3O3/c1-10-13(12-4-2-3-5-15(12)20-10)9-17(24)21-22-18(25)14-8-11(19)6-7-16(14)23/h2-8,20,23H,9H2,1H3,(H,21,24)(H,22,25). The Kier molecular flexibility index (Phi) is 4.63. The zero-order valence-corrected chi connectivity index (χ0v) is 14.1. The van der Waals surface area contributed by atoms with E-state index in [2.05, 4.69) is 15.8 Å². The van der Waals surface area contributed by atoms with Crippen molar-refractivity contribution >= 4 is 34.3 Å². The molecule has 2 amide bonds. The van der Waals surface area contributed by atoms with E-state index in [1.807, 2.05) is 31.2 Å². The van der Waals surface area contributed by atoms with E-state index in [0.29, 0.717) is 5.02 Å². The van der Waals surface area contributed by atoms with E-state index in [1.54, 1.807) is 0 Å².